The van der Waals surface area contributed by atoms with Gasteiger partial charge in [0.05, 0.1) is 6.61 Å². The number of hydrogen-bond acceptors (Lipinski definition) is 5. The Hall–Kier alpha value is -1.21. The van der Waals surface area contributed by atoms with Gasteiger partial charge in [-0.25, -0.2) is 13.6 Å². The molecule has 0 aromatic carbocycles. The summed E-state index contributed by atoms with van der Waals surface area (Å²) in [6.45, 7) is 1.60. The van der Waals surface area contributed by atoms with E-state index in [1.807, 2.05) is 0 Å². The fraction of sp³-hybridized carbons (Fsp3) is 0.625. The van der Waals surface area contributed by atoms with Crippen molar-refractivity contribution in [3.05, 3.63) is 11.8 Å². The van der Waals surface area contributed by atoms with Crippen LogP contribution in [0, 0.1) is 0 Å². The molecule has 1 unspecified atom stereocenters. The van der Waals surface area contributed by atoms with Crippen molar-refractivity contribution < 1.29 is 23.4 Å². The highest BCUT2D eigenvalue weighted by Crippen LogP contribution is 2.28. The predicted octanol–water partition coefficient (Wildman–Crippen LogP) is -0.163. The Bertz CT molecular complexity index is 296. The van der Waals surface area contributed by atoms with Crippen molar-refractivity contribution in [3.63, 3.8) is 0 Å². The summed E-state index contributed by atoms with van der Waals surface area (Å²) >= 11 is 0. The van der Waals surface area contributed by atoms with Gasteiger partial charge in [-0.05, 0) is 6.92 Å². The highest BCUT2D eigenvalue weighted by molar-refractivity contribution is 5.91. The molecule has 0 bridgehead atoms. The van der Waals surface area contributed by atoms with Gasteiger partial charge in [-0.3, -0.25) is 0 Å². The molecule has 1 rings (SSSR count). The molecule has 7 heteroatoms. The minimum atomic E-state index is -3.13. The minimum Gasteiger partial charge on any atom is -0.462 e. The molecule has 0 fully saturated rings. The van der Waals surface area contributed by atoms with Crippen molar-refractivity contribution in [2.75, 3.05) is 13.7 Å². The Labute approximate surface area is 85.3 Å². The van der Waals surface area contributed by atoms with Crippen LogP contribution in [0.4, 0.5) is 8.78 Å². The number of ether oxygens (including phenoxy) is 1. The monoisotopic (exact) mass is 222 g/mol. The van der Waals surface area contributed by atoms with E-state index in [9.17, 15) is 18.7 Å². The van der Waals surface area contributed by atoms with Crippen LogP contribution in [0.15, 0.2) is 11.8 Å². The summed E-state index contributed by atoms with van der Waals surface area (Å²) in [6.07, 6.45) is -2.05. The SMILES string of the molecule is CCOC(=O)C1=CN(C)NC1(O)C(F)F. The molecule has 15 heavy (non-hydrogen) atoms. The Kier molecular flexibility index (Phi) is 3.25. The maximum absolute atomic E-state index is 12.6. The van der Waals surface area contributed by atoms with E-state index in [4.69, 9.17) is 0 Å². The first kappa shape index (κ1) is 11.9. The average molecular weight is 222 g/mol. The lowest BCUT2D eigenvalue weighted by Crippen LogP contribution is -2.54. The molecule has 86 valence electrons. The molecule has 0 saturated heterocycles. The molecular formula is C8H12F2N2O3. The topological polar surface area (TPSA) is 61.8 Å². The Balaban J connectivity index is 2.93. The number of rotatable bonds is 3. The van der Waals surface area contributed by atoms with Gasteiger partial charge in [-0.2, -0.15) is 5.43 Å². The van der Waals surface area contributed by atoms with Gasteiger partial charge < -0.3 is 14.9 Å². The van der Waals surface area contributed by atoms with Gasteiger partial charge in [-0.15, -0.1) is 0 Å². The largest absolute Gasteiger partial charge is 0.462 e. The van der Waals surface area contributed by atoms with Crippen molar-refractivity contribution in [1.29, 1.82) is 0 Å². The predicted molar refractivity (Wildman–Crippen MR) is 46.6 cm³/mol. The molecular weight excluding hydrogens is 210 g/mol. The molecule has 0 radical (unpaired) electrons. The molecule has 0 aromatic rings. The number of carbonyl (C=O) groups excluding carboxylic acids is 1. The lowest BCUT2D eigenvalue weighted by atomic mass is 10.1. The van der Waals surface area contributed by atoms with Gasteiger partial charge >= 0.3 is 5.97 Å². The Morgan fingerprint density at radius 3 is 2.87 bits per heavy atom. The van der Waals surface area contributed by atoms with Crippen LogP contribution in [0.2, 0.25) is 0 Å². The molecule has 1 heterocycles. The van der Waals surface area contributed by atoms with Crippen LogP contribution in [0.1, 0.15) is 6.92 Å². The first-order valence-electron chi connectivity index (χ1n) is 4.32. The molecule has 1 aliphatic rings. The van der Waals surface area contributed by atoms with Crippen LogP contribution in [-0.4, -0.2) is 41.9 Å². The number of carbonyl (C=O) groups is 1. The third kappa shape index (κ3) is 2.07. The normalized spacial score (nSPS) is 25.7. The lowest BCUT2D eigenvalue weighted by molar-refractivity contribution is -0.148. The molecule has 5 nitrogen and oxygen atoms in total. The highest BCUT2D eigenvalue weighted by Gasteiger charge is 2.50. The second kappa shape index (κ2) is 4.11. The highest BCUT2D eigenvalue weighted by atomic mass is 19.3. The number of halogens is 2. The summed E-state index contributed by atoms with van der Waals surface area (Å²) < 4.78 is 29.7. The number of hydrazine groups is 1. The van der Waals surface area contributed by atoms with E-state index < -0.39 is 23.7 Å². The van der Waals surface area contributed by atoms with Gasteiger partial charge in [0.2, 0.25) is 5.72 Å². The van der Waals surface area contributed by atoms with Gasteiger partial charge in [-0.1, -0.05) is 0 Å². The zero-order valence-electron chi connectivity index (χ0n) is 8.33. The van der Waals surface area contributed by atoms with Crippen LogP contribution < -0.4 is 5.43 Å². The molecule has 0 aromatic heterocycles. The fourth-order valence-electron chi connectivity index (χ4n) is 1.24. The average Bonchev–Trinajstić information content (AvgIpc) is 2.43. The summed E-state index contributed by atoms with van der Waals surface area (Å²) in [6, 6.07) is 0. The summed E-state index contributed by atoms with van der Waals surface area (Å²) in [5, 5.41) is 10.6. The first-order valence-corrected chi connectivity index (χ1v) is 4.32. The first-order chi connectivity index (χ1) is 6.91. The molecule has 0 spiro atoms. The maximum Gasteiger partial charge on any atom is 0.340 e. The number of nitrogens with one attached hydrogen (secondary N) is 1. The van der Waals surface area contributed by atoms with Crippen molar-refractivity contribution in [3.8, 4) is 0 Å². The fourth-order valence-corrected chi connectivity index (χ4v) is 1.24. The van der Waals surface area contributed by atoms with Gasteiger partial charge in [0, 0.05) is 13.2 Å². The summed E-state index contributed by atoms with van der Waals surface area (Å²) in [5.74, 6) is -0.961. The zero-order chi connectivity index (χ0) is 11.6. The quantitative estimate of drug-likeness (QED) is 0.649. The van der Waals surface area contributed by atoms with Gasteiger partial charge in [0.25, 0.3) is 6.43 Å². The standard InChI is InChI=1S/C8H12F2N2O3/c1-3-15-6(13)5-4-12(2)11-8(5,14)7(9)10/h4,7,11,14H,3H2,1-2H3. The molecule has 2 N–H and O–H groups in total. The lowest BCUT2D eigenvalue weighted by Gasteiger charge is -2.25. The molecule has 0 saturated carbocycles. The van der Waals surface area contributed by atoms with E-state index in [-0.39, 0.29) is 6.61 Å². The van der Waals surface area contributed by atoms with Crippen LogP contribution >= 0.6 is 0 Å². The number of aliphatic hydroxyl groups is 1. The summed E-state index contributed by atoms with van der Waals surface area (Å²) in [5.41, 5.74) is -1.10. The van der Waals surface area contributed by atoms with Crippen molar-refractivity contribution in [1.82, 2.24) is 10.4 Å². The van der Waals surface area contributed by atoms with E-state index in [0.29, 0.717) is 0 Å². The van der Waals surface area contributed by atoms with Gasteiger partial charge in [0.1, 0.15) is 5.57 Å². The number of alkyl halides is 2. The van der Waals surface area contributed by atoms with E-state index in [1.165, 1.54) is 7.05 Å². The van der Waals surface area contributed by atoms with Crippen LogP contribution in [0.25, 0.3) is 0 Å². The smallest absolute Gasteiger partial charge is 0.340 e. The van der Waals surface area contributed by atoms with Crippen molar-refractivity contribution >= 4 is 5.97 Å². The van der Waals surface area contributed by atoms with Gasteiger partial charge in [0.15, 0.2) is 0 Å². The van der Waals surface area contributed by atoms with E-state index in [2.05, 4.69) is 10.2 Å². The third-order valence-corrected chi connectivity index (χ3v) is 1.89. The minimum absolute atomic E-state index is 0.0548. The number of nitrogens with zero attached hydrogens (tertiary/aromatic N) is 1. The zero-order valence-corrected chi connectivity index (χ0v) is 8.33. The van der Waals surface area contributed by atoms with Crippen molar-refractivity contribution in [2.24, 2.45) is 0 Å². The Morgan fingerprint density at radius 2 is 2.40 bits per heavy atom. The molecule has 0 aliphatic carbocycles. The van der Waals surface area contributed by atoms with Crippen LogP contribution in [-0.2, 0) is 9.53 Å². The summed E-state index contributed by atoms with van der Waals surface area (Å²) in [7, 11) is 1.39. The second-order valence-corrected chi connectivity index (χ2v) is 3.05. The number of hydrogen-bond donors (Lipinski definition) is 2. The number of esters is 1. The van der Waals surface area contributed by atoms with E-state index in [1.54, 1.807) is 6.92 Å². The maximum atomic E-state index is 12.6. The van der Waals surface area contributed by atoms with E-state index in [0.717, 1.165) is 11.2 Å². The third-order valence-electron chi connectivity index (χ3n) is 1.89. The second-order valence-electron chi connectivity index (χ2n) is 3.05. The van der Waals surface area contributed by atoms with Crippen LogP contribution in [0.3, 0.4) is 0 Å². The van der Waals surface area contributed by atoms with Crippen molar-refractivity contribution in [2.45, 2.75) is 19.1 Å². The van der Waals surface area contributed by atoms with E-state index >= 15 is 0 Å². The summed E-state index contributed by atoms with van der Waals surface area (Å²) in [4.78, 5) is 11.3. The Morgan fingerprint density at radius 1 is 1.80 bits per heavy atom. The van der Waals surface area contributed by atoms with Crippen LogP contribution in [0.5, 0.6) is 0 Å². The molecule has 1 atom stereocenters. The molecule has 1 aliphatic heterocycles. The molecule has 0 amide bonds.